The van der Waals surface area contributed by atoms with Crippen molar-refractivity contribution >= 4 is 11.6 Å². The maximum absolute atomic E-state index is 12.8. The molecule has 0 fully saturated rings. The van der Waals surface area contributed by atoms with Gasteiger partial charge in [0.25, 0.3) is 0 Å². The van der Waals surface area contributed by atoms with Crippen molar-refractivity contribution in [3.05, 3.63) is 29.6 Å². The van der Waals surface area contributed by atoms with Gasteiger partial charge in [0.05, 0.1) is 0 Å². The molecule has 1 aromatic rings. The van der Waals surface area contributed by atoms with E-state index in [9.17, 15) is 8.78 Å². The van der Waals surface area contributed by atoms with E-state index in [1.165, 1.54) is 18.3 Å². The molecule has 78 valence electrons. The Morgan fingerprint density at radius 1 is 1.29 bits per heavy atom. The summed E-state index contributed by atoms with van der Waals surface area (Å²) >= 11 is 4.92. The lowest BCUT2D eigenvalue weighted by Gasteiger charge is -2.19. The first kappa shape index (κ1) is 11.4. The molecule has 0 radical (unpaired) electrons. The molecule has 0 atom stereocenters. The van der Waals surface area contributed by atoms with Gasteiger partial charge in [0.15, 0.2) is 0 Å². The lowest BCUT2D eigenvalue weighted by molar-refractivity contribution is 0.0948. The van der Waals surface area contributed by atoms with Crippen LogP contribution in [0.15, 0.2) is 18.3 Å². The zero-order chi connectivity index (χ0) is 11.0. The van der Waals surface area contributed by atoms with Crippen molar-refractivity contribution in [1.29, 1.82) is 0 Å². The molecule has 0 bridgehead atoms. The first-order valence-corrected chi connectivity index (χ1v) is 4.63. The van der Waals surface area contributed by atoms with Gasteiger partial charge in [-0.15, -0.1) is 0 Å². The number of hydrogen-bond acceptors (Lipinski definition) is 1. The second kappa shape index (κ2) is 3.46. The van der Waals surface area contributed by atoms with Crippen LogP contribution in [0.3, 0.4) is 0 Å². The SMILES string of the molecule is CC(C)(C)c1cc(C(F)(F)Cl)ccn1. The van der Waals surface area contributed by atoms with Gasteiger partial charge in [-0.1, -0.05) is 20.8 Å². The highest BCUT2D eigenvalue weighted by Crippen LogP contribution is 2.33. The smallest absolute Gasteiger partial charge is 0.261 e. The van der Waals surface area contributed by atoms with Gasteiger partial charge in [-0.05, 0) is 23.7 Å². The Morgan fingerprint density at radius 2 is 1.86 bits per heavy atom. The summed E-state index contributed by atoms with van der Waals surface area (Å²) < 4.78 is 25.5. The van der Waals surface area contributed by atoms with Crippen molar-refractivity contribution in [2.24, 2.45) is 0 Å². The predicted octanol–water partition coefficient (Wildman–Crippen LogP) is 3.67. The van der Waals surface area contributed by atoms with Crippen molar-refractivity contribution in [2.75, 3.05) is 0 Å². The fourth-order valence-electron chi connectivity index (χ4n) is 1.02. The van der Waals surface area contributed by atoms with Crippen molar-refractivity contribution in [3.8, 4) is 0 Å². The fraction of sp³-hybridized carbons (Fsp3) is 0.500. The number of pyridine rings is 1. The maximum atomic E-state index is 12.8. The molecule has 1 aromatic heterocycles. The lowest BCUT2D eigenvalue weighted by Crippen LogP contribution is -2.15. The standard InChI is InChI=1S/C10H12ClF2N/c1-9(2,3)8-6-7(4-5-14-8)10(11,12)13/h4-6H,1-3H3. The Bertz CT molecular complexity index is 296. The zero-order valence-electron chi connectivity index (χ0n) is 8.31. The summed E-state index contributed by atoms with van der Waals surface area (Å²) in [6.07, 6.45) is 1.35. The molecule has 0 aliphatic heterocycles. The number of hydrogen-bond donors (Lipinski definition) is 0. The van der Waals surface area contributed by atoms with E-state index in [0.29, 0.717) is 5.69 Å². The number of rotatable bonds is 1. The average molecular weight is 220 g/mol. The minimum Gasteiger partial charge on any atom is -0.261 e. The largest absolute Gasteiger partial charge is 0.348 e. The molecule has 0 saturated heterocycles. The highest BCUT2D eigenvalue weighted by Gasteiger charge is 2.29. The van der Waals surface area contributed by atoms with Crippen LogP contribution in [-0.4, -0.2) is 4.98 Å². The van der Waals surface area contributed by atoms with Gasteiger partial charge in [0, 0.05) is 22.9 Å². The molecule has 14 heavy (non-hydrogen) atoms. The Labute approximate surface area is 87.1 Å². The number of alkyl halides is 3. The summed E-state index contributed by atoms with van der Waals surface area (Å²) in [7, 11) is 0. The van der Waals surface area contributed by atoms with Crippen LogP contribution in [0.25, 0.3) is 0 Å². The quantitative estimate of drug-likeness (QED) is 0.657. The van der Waals surface area contributed by atoms with E-state index in [4.69, 9.17) is 11.6 Å². The highest BCUT2D eigenvalue weighted by molar-refractivity contribution is 6.21. The summed E-state index contributed by atoms with van der Waals surface area (Å²) in [6.45, 7) is 5.72. The van der Waals surface area contributed by atoms with E-state index in [1.807, 2.05) is 20.8 Å². The minimum absolute atomic E-state index is 0.209. The molecule has 1 rings (SSSR count). The van der Waals surface area contributed by atoms with Crippen molar-refractivity contribution < 1.29 is 8.78 Å². The topological polar surface area (TPSA) is 12.9 Å². The average Bonchev–Trinajstić information content (AvgIpc) is 2.01. The van der Waals surface area contributed by atoms with Crippen LogP contribution in [0, 0.1) is 0 Å². The molecule has 0 amide bonds. The Kier molecular flexibility index (Phi) is 2.81. The van der Waals surface area contributed by atoms with E-state index >= 15 is 0 Å². The van der Waals surface area contributed by atoms with Gasteiger partial charge in [-0.3, -0.25) is 4.98 Å². The van der Waals surface area contributed by atoms with E-state index < -0.39 is 5.38 Å². The molecule has 0 N–H and O–H groups in total. The molecule has 0 spiro atoms. The molecule has 0 saturated carbocycles. The first-order chi connectivity index (χ1) is 6.21. The van der Waals surface area contributed by atoms with Crippen LogP contribution in [0.4, 0.5) is 8.78 Å². The van der Waals surface area contributed by atoms with Crippen LogP contribution in [0.2, 0.25) is 0 Å². The molecular formula is C10H12ClF2N. The monoisotopic (exact) mass is 219 g/mol. The number of halogens is 3. The molecule has 0 aliphatic rings. The van der Waals surface area contributed by atoms with Gasteiger partial charge in [-0.2, -0.15) is 8.78 Å². The van der Waals surface area contributed by atoms with Gasteiger partial charge >= 0.3 is 5.38 Å². The summed E-state index contributed by atoms with van der Waals surface area (Å²) in [5, 5.41) is -3.32. The summed E-state index contributed by atoms with van der Waals surface area (Å²) in [5.74, 6) is 0. The van der Waals surface area contributed by atoms with Crippen molar-refractivity contribution in [3.63, 3.8) is 0 Å². The second-order valence-electron chi connectivity index (χ2n) is 4.18. The summed E-state index contributed by atoms with van der Waals surface area (Å²) in [6, 6.07) is 2.56. The molecule has 1 heterocycles. The van der Waals surface area contributed by atoms with Crippen LogP contribution in [-0.2, 0) is 10.8 Å². The molecule has 0 aliphatic carbocycles. The third-order valence-electron chi connectivity index (χ3n) is 1.86. The van der Waals surface area contributed by atoms with Crippen LogP contribution >= 0.6 is 11.6 Å². The molecule has 0 aromatic carbocycles. The first-order valence-electron chi connectivity index (χ1n) is 4.25. The fourth-order valence-corrected chi connectivity index (χ4v) is 1.13. The van der Waals surface area contributed by atoms with E-state index in [0.717, 1.165) is 0 Å². The van der Waals surface area contributed by atoms with Gasteiger partial charge in [-0.25, -0.2) is 0 Å². The molecule has 0 unspecified atom stereocenters. The lowest BCUT2D eigenvalue weighted by atomic mass is 9.91. The second-order valence-corrected chi connectivity index (χ2v) is 4.65. The van der Waals surface area contributed by atoms with E-state index in [1.54, 1.807) is 0 Å². The Balaban J connectivity index is 3.15. The minimum atomic E-state index is -3.32. The molecular weight excluding hydrogens is 208 g/mol. The van der Waals surface area contributed by atoms with Gasteiger partial charge in [0.2, 0.25) is 0 Å². The Hall–Kier alpha value is -0.700. The molecule has 1 nitrogen and oxygen atoms in total. The third-order valence-corrected chi connectivity index (χ3v) is 2.07. The highest BCUT2D eigenvalue weighted by atomic mass is 35.5. The third kappa shape index (κ3) is 2.64. The number of nitrogens with zero attached hydrogens (tertiary/aromatic N) is 1. The van der Waals surface area contributed by atoms with Gasteiger partial charge in [0.1, 0.15) is 0 Å². The normalized spacial score (nSPS) is 13.0. The van der Waals surface area contributed by atoms with Gasteiger partial charge < -0.3 is 0 Å². The van der Waals surface area contributed by atoms with Crippen LogP contribution < -0.4 is 0 Å². The summed E-state index contributed by atoms with van der Waals surface area (Å²) in [4.78, 5) is 4.03. The summed E-state index contributed by atoms with van der Waals surface area (Å²) in [5.41, 5.74) is 0.146. The van der Waals surface area contributed by atoms with Crippen LogP contribution in [0.1, 0.15) is 32.0 Å². The predicted molar refractivity (Wildman–Crippen MR) is 52.7 cm³/mol. The van der Waals surface area contributed by atoms with Crippen molar-refractivity contribution in [2.45, 2.75) is 31.6 Å². The van der Waals surface area contributed by atoms with E-state index in [-0.39, 0.29) is 11.0 Å². The maximum Gasteiger partial charge on any atom is 0.348 e. The zero-order valence-corrected chi connectivity index (χ0v) is 9.07. The van der Waals surface area contributed by atoms with Crippen molar-refractivity contribution in [1.82, 2.24) is 4.98 Å². The van der Waals surface area contributed by atoms with Crippen LogP contribution in [0.5, 0.6) is 0 Å². The van der Waals surface area contributed by atoms with E-state index in [2.05, 4.69) is 4.98 Å². The Morgan fingerprint density at radius 3 is 2.29 bits per heavy atom. The number of aromatic nitrogens is 1. The molecule has 4 heteroatoms.